The van der Waals surface area contributed by atoms with E-state index in [1.807, 2.05) is 25.3 Å². The summed E-state index contributed by atoms with van der Waals surface area (Å²) in [5.41, 5.74) is 0. The van der Waals surface area contributed by atoms with Crippen LogP contribution in [-0.2, 0) is 22.7 Å². The molecule has 7 nitrogen and oxygen atoms in total. The zero-order chi connectivity index (χ0) is 15.4. The lowest BCUT2D eigenvalue weighted by molar-refractivity contribution is -0.141. The fourth-order valence-corrected chi connectivity index (χ4v) is 2.74. The Morgan fingerprint density at radius 2 is 2.05 bits per heavy atom. The average molecular weight is 293 g/mol. The van der Waals surface area contributed by atoms with Crippen LogP contribution >= 0.6 is 0 Å². The predicted octanol–water partition coefficient (Wildman–Crippen LogP) is 0.704. The van der Waals surface area contributed by atoms with Gasteiger partial charge >= 0.3 is 0 Å². The summed E-state index contributed by atoms with van der Waals surface area (Å²) in [6.45, 7) is 7.22. The van der Waals surface area contributed by atoms with E-state index in [1.165, 1.54) is 4.90 Å². The summed E-state index contributed by atoms with van der Waals surface area (Å²) in [5.74, 6) is 0.582. The summed E-state index contributed by atoms with van der Waals surface area (Å²) in [4.78, 5) is 25.9. The Hall–Kier alpha value is -1.76. The summed E-state index contributed by atoms with van der Waals surface area (Å²) >= 11 is 0. The number of carbonyl (C=O) groups is 2. The monoisotopic (exact) mass is 293 g/mol. The maximum Gasteiger partial charge on any atom is 0.247 e. The lowest BCUT2D eigenvalue weighted by Gasteiger charge is -2.24. The minimum atomic E-state index is -0.444. The minimum Gasteiger partial charge on any atom is -0.317 e. The average Bonchev–Trinajstić information content (AvgIpc) is 3.05. The van der Waals surface area contributed by atoms with Gasteiger partial charge in [-0.05, 0) is 19.8 Å². The number of aryl methyl sites for hydroxylation is 1. The highest BCUT2D eigenvalue weighted by molar-refractivity contribution is 6.05. The van der Waals surface area contributed by atoms with Crippen LogP contribution in [0.15, 0.2) is 6.33 Å². The van der Waals surface area contributed by atoms with Crippen molar-refractivity contribution >= 4 is 11.8 Å². The molecule has 0 aromatic carbocycles. The highest BCUT2D eigenvalue weighted by atomic mass is 16.2. The van der Waals surface area contributed by atoms with Gasteiger partial charge in [0.05, 0.1) is 19.0 Å². The molecule has 1 unspecified atom stereocenters. The number of nitrogens with one attached hydrogen (secondary N) is 1. The molecule has 7 heteroatoms. The molecule has 1 saturated heterocycles. The number of likely N-dealkylation sites (tertiary alicyclic amines) is 1. The summed E-state index contributed by atoms with van der Waals surface area (Å²) in [6, 6.07) is -0.434. The van der Waals surface area contributed by atoms with E-state index < -0.39 is 6.04 Å². The third-order valence-electron chi connectivity index (χ3n) is 4.03. The van der Waals surface area contributed by atoms with E-state index in [-0.39, 0.29) is 24.3 Å². The van der Waals surface area contributed by atoms with Crippen molar-refractivity contribution in [3.63, 3.8) is 0 Å². The summed E-state index contributed by atoms with van der Waals surface area (Å²) in [7, 11) is 0. The van der Waals surface area contributed by atoms with Gasteiger partial charge in [-0.3, -0.25) is 19.8 Å². The molecule has 0 spiro atoms. The van der Waals surface area contributed by atoms with Crippen LogP contribution in [0.2, 0.25) is 0 Å². The second kappa shape index (κ2) is 6.80. The molecule has 0 radical (unpaired) electrons. The molecule has 0 aliphatic carbocycles. The van der Waals surface area contributed by atoms with Crippen molar-refractivity contribution in [3.8, 4) is 0 Å². The Morgan fingerprint density at radius 1 is 1.33 bits per heavy atom. The third kappa shape index (κ3) is 3.12. The van der Waals surface area contributed by atoms with Gasteiger partial charge in [0.25, 0.3) is 0 Å². The lowest BCUT2D eigenvalue weighted by atomic mass is 10.1. The largest absolute Gasteiger partial charge is 0.317 e. The van der Waals surface area contributed by atoms with Crippen LogP contribution in [0.5, 0.6) is 0 Å². The number of aromatic nitrogens is 3. The fourth-order valence-electron chi connectivity index (χ4n) is 2.74. The number of nitrogens with zero attached hydrogens (tertiary/aromatic N) is 4. The third-order valence-corrected chi connectivity index (χ3v) is 4.03. The van der Waals surface area contributed by atoms with Crippen LogP contribution in [0.4, 0.5) is 0 Å². The van der Waals surface area contributed by atoms with Crippen molar-refractivity contribution in [2.24, 2.45) is 0 Å². The van der Waals surface area contributed by atoms with E-state index in [9.17, 15) is 9.59 Å². The maximum atomic E-state index is 12.4. The second-order valence-corrected chi connectivity index (χ2v) is 5.24. The first-order chi connectivity index (χ1) is 10.1. The van der Waals surface area contributed by atoms with Crippen LogP contribution in [0, 0.1) is 0 Å². The van der Waals surface area contributed by atoms with Gasteiger partial charge in [-0.1, -0.05) is 13.8 Å². The van der Waals surface area contributed by atoms with Gasteiger partial charge in [0.1, 0.15) is 12.2 Å². The molecule has 0 bridgehead atoms. The van der Waals surface area contributed by atoms with E-state index in [0.717, 1.165) is 25.2 Å². The van der Waals surface area contributed by atoms with Crippen molar-refractivity contribution in [3.05, 3.63) is 12.2 Å². The second-order valence-electron chi connectivity index (χ2n) is 5.24. The normalized spacial score (nSPS) is 19.0. The molecule has 1 aliphatic rings. The Morgan fingerprint density at radius 3 is 2.67 bits per heavy atom. The van der Waals surface area contributed by atoms with Gasteiger partial charge < -0.3 is 4.57 Å². The quantitative estimate of drug-likeness (QED) is 0.749. The first-order valence-corrected chi connectivity index (χ1v) is 7.58. The molecule has 1 fully saturated rings. The molecule has 2 rings (SSSR count). The maximum absolute atomic E-state index is 12.4. The zero-order valence-electron chi connectivity index (χ0n) is 12.9. The van der Waals surface area contributed by atoms with Crippen LogP contribution in [0.1, 0.15) is 45.9 Å². The number of rotatable bonds is 7. The molecule has 2 amide bonds. The Kier molecular flexibility index (Phi) is 5.06. The van der Waals surface area contributed by atoms with Crippen LogP contribution in [0.3, 0.4) is 0 Å². The molecule has 1 aliphatic heterocycles. The topological polar surface area (TPSA) is 80.1 Å². The zero-order valence-corrected chi connectivity index (χ0v) is 12.9. The van der Waals surface area contributed by atoms with Crippen LogP contribution in [-0.4, -0.2) is 43.6 Å². The molecule has 1 aromatic heterocycles. The Labute approximate surface area is 124 Å². The fraction of sp³-hybridized carbons (Fsp3) is 0.714. The lowest BCUT2D eigenvalue weighted by Crippen LogP contribution is -2.43. The molecule has 116 valence electrons. The predicted molar refractivity (Wildman–Crippen MR) is 77.2 cm³/mol. The highest BCUT2D eigenvalue weighted by Gasteiger charge is 2.41. The molecule has 1 atom stereocenters. The molecule has 2 heterocycles. The number of amides is 2. The van der Waals surface area contributed by atoms with E-state index in [1.54, 1.807) is 6.33 Å². The van der Waals surface area contributed by atoms with Crippen molar-refractivity contribution in [1.82, 2.24) is 25.0 Å². The van der Waals surface area contributed by atoms with Gasteiger partial charge in [0.2, 0.25) is 11.8 Å². The first kappa shape index (κ1) is 15.6. The van der Waals surface area contributed by atoms with Gasteiger partial charge in [0.15, 0.2) is 0 Å². The number of imide groups is 1. The molecule has 0 saturated carbocycles. The van der Waals surface area contributed by atoms with Crippen LogP contribution < -0.4 is 5.32 Å². The van der Waals surface area contributed by atoms with E-state index in [4.69, 9.17) is 0 Å². The van der Waals surface area contributed by atoms with E-state index in [2.05, 4.69) is 15.5 Å². The molecular weight excluding hydrogens is 270 g/mol. The SMILES string of the molecule is CCC(CC)N1C(=O)CC(NCc2nncn2CC)C1=O. The minimum absolute atomic E-state index is 0.0103. The Balaban J connectivity index is 1.99. The van der Waals surface area contributed by atoms with Crippen molar-refractivity contribution < 1.29 is 9.59 Å². The standard InChI is InChI=1S/C14H23N5O2/c1-4-10(5-2)19-13(20)7-11(14(19)21)15-8-12-17-16-9-18(12)6-3/h9-11,15H,4-8H2,1-3H3. The van der Waals surface area contributed by atoms with Gasteiger partial charge in [-0.25, -0.2) is 0 Å². The number of carbonyl (C=O) groups excluding carboxylic acids is 2. The molecule has 21 heavy (non-hydrogen) atoms. The smallest absolute Gasteiger partial charge is 0.247 e. The van der Waals surface area contributed by atoms with Gasteiger partial charge in [-0.15, -0.1) is 10.2 Å². The van der Waals surface area contributed by atoms with E-state index in [0.29, 0.717) is 6.54 Å². The number of hydrogen-bond donors (Lipinski definition) is 1. The van der Waals surface area contributed by atoms with Gasteiger partial charge in [-0.2, -0.15) is 0 Å². The van der Waals surface area contributed by atoms with Crippen molar-refractivity contribution in [2.75, 3.05) is 0 Å². The van der Waals surface area contributed by atoms with Crippen LogP contribution in [0.25, 0.3) is 0 Å². The van der Waals surface area contributed by atoms with E-state index >= 15 is 0 Å². The number of hydrogen-bond acceptors (Lipinski definition) is 5. The Bertz CT molecular complexity index is 509. The first-order valence-electron chi connectivity index (χ1n) is 7.58. The molecule has 1 aromatic rings. The summed E-state index contributed by atoms with van der Waals surface area (Å²) in [5, 5.41) is 11.0. The summed E-state index contributed by atoms with van der Waals surface area (Å²) < 4.78 is 1.91. The molecule has 1 N–H and O–H groups in total. The van der Waals surface area contributed by atoms with Crippen molar-refractivity contribution in [1.29, 1.82) is 0 Å². The molecular formula is C14H23N5O2. The van der Waals surface area contributed by atoms with Gasteiger partial charge in [0, 0.05) is 12.6 Å². The highest BCUT2D eigenvalue weighted by Crippen LogP contribution is 2.20. The summed E-state index contributed by atoms with van der Waals surface area (Å²) in [6.07, 6.45) is 3.49. The van der Waals surface area contributed by atoms with Crippen molar-refractivity contribution in [2.45, 2.75) is 65.2 Å².